The predicted octanol–water partition coefficient (Wildman–Crippen LogP) is 1.68. The van der Waals surface area contributed by atoms with E-state index in [4.69, 9.17) is 4.74 Å². The Morgan fingerprint density at radius 1 is 1.20 bits per heavy atom. The van der Waals surface area contributed by atoms with E-state index in [2.05, 4.69) is 10.1 Å². The van der Waals surface area contributed by atoms with Crippen molar-refractivity contribution in [3.05, 3.63) is 75.1 Å². The van der Waals surface area contributed by atoms with Crippen molar-refractivity contribution in [2.45, 2.75) is 38.5 Å². The lowest BCUT2D eigenvalue weighted by Gasteiger charge is -2.25. The van der Waals surface area contributed by atoms with Crippen LogP contribution in [0, 0.1) is 0 Å². The van der Waals surface area contributed by atoms with Crippen molar-refractivity contribution in [1.29, 1.82) is 0 Å². The summed E-state index contributed by atoms with van der Waals surface area (Å²) in [5.74, 6) is -0.102. The van der Waals surface area contributed by atoms with E-state index in [1.807, 2.05) is 12.1 Å². The molecule has 3 aromatic rings. The molecule has 156 valence electrons. The van der Waals surface area contributed by atoms with Crippen molar-refractivity contribution < 1.29 is 9.53 Å². The van der Waals surface area contributed by atoms with Gasteiger partial charge in [-0.25, -0.2) is 4.68 Å². The summed E-state index contributed by atoms with van der Waals surface area (Å²) >= 11 is 0. The summed E-state index contributed by atoms with van der Waals surface area (Å²) in [4.78, 5) is 43.8. The van der Waals surface area contributed by atoms with Gasteiger partial charge in [-0.3, -0.25) is 24.5 Å². The highest BCUT2D eigenvalue weighted by atomic mass is 16.5. The molecular formula is C22H24N4O4. The van der Waals surface area contributed by atoms with Crippen LogP contribution in [0.15, 0.2) is 58.4 Å². The molecule has 30 heavy (non-hydrogen) atoms. The summed E-state index contributed by atoms with van der Waals surface area (Å²) in [6.45, 7) is 1.74. The first-order chi connectivity index (χ1) is 14.6. The normalized spacial score (nSPS) is 16.1. The molecule has 1 saturated heterocycles. The summed E-state index contributed by atoms with van der Waals surface area (Å²) in [5.41, 5.74) is 0.278. The van der Waals surface area contributed by atoms with Gasteiger partial charge in [0.25, 0.3) is 11.1 Å². The molecule has 8 heteroatoms. The van der Waals surface area contributed by atoms with Crippen LogP contribution < -0.4 is 11.1 Å². The zero-order valence-corrected chi connectivity index (χ0v) is 16.6. The van der Waals surface area contributed by atoms with Gasteiger partial charge >= 0.3 is 0 Å². The van der Waals surface area contributed by atoms with Crippen LogP contribution in [0.1, 0.15) is 24.8 Å². The van der Waals surface area contributed by atoms with Crippen LogP contribution in [0.4, 0.5) is 0 Å². The fraction of sp³-hybridized carbons (Fsp3) is 0.364. The van der Waals surface area contributed by atoms with E-state index >= 15 is 0 Å². The van der Waals surface area contributed by atoms with Crippen LogP contribution in [-0.2, 0) is 22.6 Å². The second-order valence-corrected chi connectivity index (χ2v) is 7.46. The molecule has 1 amide bonds. The standard InChI is InChI=1S/C22H24N4O4/c27-20(9-11-26-22(29)19-8-2-1-7-18(19)21(28)24-26)25(15-17-6-4-12-30-17)14-16-5-3-10-23-13-16/h1-3,5,7-8,10,13,17H,4,6,9,11-12,14-15H2,(H,24,28). The Balaban J connectivity index is 1.50. The summed E-state index contributed by atoms with van der Waals surface area (Å²) in [7, 11) is 0. The molecule has 2 aromatic heterocycles. The number of ether oxygens (including phenoxy) is 1. The number of carbonyl (C=O) groups is 1. The smallest absolute Gasteiger partial charge is 0.273 e. The quantitative estimate of drug-likeness (QED) is 0.642. The first kappa shape index (κ1) is 20.0. The Morgan fingerprint density at radius 2 is 2.03 bits per heavy atom. The van der Waals surface area contributed by atoms with E-state index in [-0.39, 0.29) is 36.1 Å². The van der Waals surface area contributed by atoms with Crippen molar-refractivity contribution in [3.8, 4) is 0 Å². The number of benzene rings is 1. The highest BCUT2D eigenvalue weighted by Crippen LogP contribution is 2.16. The van der Waals surface area contributed by atoms with Crippen LogP contribution in [-0.4, -0.2) is 44.8 Å². The number of amides is 1. The van der Waals surface area contributed by atoms with Gasteiger partial charge in [0.1, 0.15) is 0 Å². The van der Waals surface area contributed by atoms with E-state index in [1.165, 1.54) is 4.68 Å². The number of nitrogens with one attached hydrogen (secondary N) is 1. The number of nitrogens with zero attached hydrogens (tertiary/aromatic N) is 3. The van der Waals surface area contributed by atoms with Crippen LogP contribution in [0.25, 0.3) is 10.8 Å². The van der Waals surface area contributed by atoms with Gasteiger partial charge in [0, 0.05) is 38.5 Å². The third kappa shape index (κ3) is 4.49. The van der Waals surface area contributed by atoms with E-state index in [0.717, 1.165) is 18.4 Å². The molecule has 1 fully saturated rings. The zero-order valence-electron chi connectivity index (χ0n) is 16.6. The third-order valence-corrected chi connectivity index (χ3v) is 5.33. The third-order valence-electron chi connectivity index (χ3n) is 5.33. The largest absolute Gasteiger partial charge is 0.376 e. The van der Waals surface area contributed by atoms with Crippen molar-refractivity contribution >= 4 is 16.7 Å². The summed E-state index contributed by atoms with van der Waals surface area (Å²) in [6.07, 6.45) is 5.47. The molecule has 1 unspecified atom stereocenters. The number of aryl methyl sites for hydroxylation is 1. The summed E-state index contributed by atoms with van der Waals surface area (Å²) in [6, 6.07) is 10.4. The minimum absolute atomic E-state index is 0.0221. The Bertz CT molecular complexity index is 1130. The first-order valence-electron chi connectivity index (χ1n) is 10.1. The Kier molecular flexibility index (Phi) is 6.04. The fourth-order valence-electron chi connectivity index (χ4n) is 3.77. The van der Waals surface area contributed by atoms with Crippen LogP contribution in [0.5, 0.6) is 0 Å². The molecule has 4 rings (SSSR count). The number of fused-ring (bicyclic) bond motifs is 1. The Hall–Kier alpha value is -3.26. The minimum Gasteiger partial charge on any atom is -0.376 e. The molecule has 1 aromatic carbocycles. The predicted molar refractivity (Wildman–Crippen MR) is 112 cm³/mol. The maximum Gasteiger partial charge on any atom is 0.273 e. The molecule has 1 atom stereocenters. The Labute approximate surface area is 173 Å². The first-order valence-corrected chi connectivity index (χ1v) is 10.1. The van der Waals surface area contributed by atoms with Crippen LogP contribution in [0.2, 0.25) is 0 Å². The molecule has 0 spiro atoms. The lowest BCUT2D eigenvalue weighted by atomic mass is 10.2. The Morgan fingerprint density at radius 3 is 2.77 bits per heavy atom. The molecule has 1 N–H and O–H groups in total. The number of aromatic amines is 1. The summed E-state index contributed by atoms with van der Waals surface area (Å²) in [5, 5.41) is 3.28. The molecule has 8 nitrogen and oxygen atoms in total. The maximum absolute atomic E-state index is 13.0. The molecule has 3 heterocycles. The van der Waals surface area contributed by atoms with E-state index in [0.29, 0.717) is 30.5 Å². The highest BCUT2D eigenvalue weighted by Gasteiger charge is 2.23. The SMILES string of the molecule is O=C(CCn1[nH]c(=O)c2ccccc2c1=O)N(Cc1cccnc1)CC1CCCO1. The fourth-order valence-corrected chi connectivity index (χ4v) is 3.77. The van der Waals surface area contributed by atoms with E-state index in [1.54, 1.807) is 41.6 Å². The second kappa shape index (κ2) is 9.04. The monoisotopic (exact) mass is 408 g/mol. The van der Waals surface area contributed by atoms with E-state index < -0.39 is 0 Å². The van der Waals surface area contributed by atoms with Gasteiger partial charge in [0.15, 0.2) is 0 Å². The average molecular weight is 408 g/mol. The zero-order chi connectivity index (χ0) is 20.9. The van der Waals surface area contributed by atoms with Crippen molar-refractivity contribution in [3.63, 3.8) is 0 Å². The van der Waals surface area contributed by atoms with Gasteiger partial charge in [-0.05, 0) is 36.6 Å². The van der Waals surface area contributed by atoms with Gasteiger partial charge in [-0.1, -0.05) is 18.2 Å². The van der Waals surface area contributed by atoms with Crippen LogP contribution >= 0.6 is 0 Å². The molecule has 0 bridgehead atoms. The topological polar surface area (TPSA) is 97.3 Å². The van der Waals surface area contributed by atoms with E-state index in [9.17, 15) is 14.4 Å². The molecule has 0 aliphatic carbocycles. The van der Waals surface area contributed by atoms with Gasteiger partial charge in [-0.2, -0.15) is 0 Å². The van der Waals surface area contributed by atoms with Gasteiger partial charge in [0.05, 0.1) is 23.4 Å². The number of carbonyl (C=O) groups excluding carboxylic acids is 1. The lowest BCUT2D eigenvalue weighted by Crippen LogP contribution is -2.38. The number of hydrogen-bond acceptors (Lipinski definition) is 5. The number of hydrogen-bond donors (Lipinski definition) is 1. The number of aromatic nitrogens is 3. The molecule has 0 radical (unpaired) electrons. The van der Waals surface area contributed by atoms with Crippen molar-refractivity contribution in [2.75, 3.05) is 13.2 Å². The van der Waals surface area contributed by atoms with Gasteiger partial charge < -0.3 is 9.64 Å². The lowest BCUT2D eigenvalue weighted by molar-refractivity contribution is -0.133. The molecule has 1 aliphatic rings. The van der Waals surface area contributed by atoms with Crippen LogP contribution in [0.3, 0.4) is 0 Å². The molecule has 1 aliphatic heterocycles. The number of pyridine rings is 1. The van der Waals surface area contributed by atoms with Crippen molar-refractivity contribution in [2.24, 2.45) is 0 Å². The molecule has 0 saturated carbocycles. The van der Waals surface area contributed by atoms with Crippen molar-refractivity contribution in [1.82, 2.24) is 19.7 Å². The number of rotatable bonds is 7. The maximum atomic E-state index is 13.0. The number of H-pyrrole nitrogens is 1. The second-order valence-electron chi connectivity index (χ2n) is 7.46. The molecular weight excluding hydrogens is 384 g/mol. The van der Waals surface area contributed by atoms with Gasteiger partial charge in [0.2, 0.25) is 5.91 Å². The van der Waals surface area contributed by atoms with Gasteiger partial charge in [-0.15, -0.1) is 0 Å². The summed E-state index contributed by atoms with van der Waals surface area (Å²) < 4.78 is 6.92. The average Bonchev–Trinajstić information content (AvgIpc) is 3.28. The minimum atomic E-state index is -0.343. The highest BCUT2D eigenvalue weighted by molar-refractivity contribution is 5.80.